The van der Waals surface area contributed by atoms with Gasteiger partial charge in [0.15, 0.2) is 0 Å². The first-order valence-corrected chi connectivity index (χ1v) is 8.39. The van der Waals surface area contributed by atoms with Gasteiger partial charge in [0.25, 0.3) is 5.69 Å². The van der Waals surface area contributed by atoms with E-state index in [-0.39, 0.29) is 24.3 Å². The quantitative estimate of drug-likeness (QED) is 0.350. The zero-order valence-electron chi connectivity index (χ0n) is 14.1. The van der Waals surface area contributed by atoms with Gasteiger partial charge in [-0.25, -0.2) is 4.79 Å². The molecule has 0 atom stereocenters. The van der Waals surface area contributed by atoms with Crippen LogP contribution in [0.3, 0.4) is 0 Å². The number of benzene rings is 1. The SMILES string of the molecule is CC(C)(C)OC(=O)N(CCC#CC=S(=O)=O)c1ccccc1[N+](=O)[O-]. The fraction of sp³-hybridized carbons (Fsp3) is 0.375. The van der Waals surface area contributed by atoms with Gasteiger partial charge in [0.2, 0.25) is 10.3 Å². The molecular weight excluding hydrogens is 348 g/mol. The van der Waals surface area contributed by atoms with Gasteiger partial charge < -0.3 is 4.74 Å². The molecule has 0 bridgehead atoms. The summed E-state index contributed by atoms with van der Waals surface area (Å²) in [5.41, 5.74) is -0.939. The Hall–Kier alpha value is -2.86. The Kier molecular flexibility index (Phi) is 7.14. The number of rotatable bonds is 4. The summed E-state index contributed by atoms with van der Waals surface area (Å²) >= 11 is 0. The number of ether oxygens (including phenoxy) is 1. The zero-order chi connectivity index (χ0) is 19.0. The molecule has 0 radical (unpaired) electrons. The van der Waals surface area contributed by atoms with E-state index < -0.39 is 26.9 Å². The van der Waals surface area contributed by atoms with Crippen LogP contribution in [0, 0.1) is 22.0 Å². The molecule has 25 heavy (non-hydrogen) atoms. The summed E-state index contributed by atoms with van der Waals surface area (Å²) in [6.07, 6.45) is -0.640. The molecule has 1 rings (SSSR count). The largest absolute Gasteiger partial charge is 0.443 e. The van der Waals surface area contributed by atoms with E-state index in [0.29, 0.717) is 0 Å². The first-order valence-electron chi connectivity index (χ1n) is 7.25. The normalized spacial score (nSPS) is 10.2. The van der Waals surface area contributed by atoms with Gasteiger partial charge >= 0.3 is 6.09 Å². The zero-order valence-corrected chi connectivity index (χ0v) is 14.9. The summed E-state index contributed by atoms with van der Waals surface area (Å²) < 4.78 is 26.1. The average molecular weight is 366 g/mol. The molecule has 0 aliphatic carbocycles. The maximum absolute atomic E-state index is 12.4. The van der Waals surface area contributed by atoms with Gasteiger partial charge in [-0.15, -0.1) is 0 Å². The summed E-state index contributed by atoms with van der Waals surface area (Å²) in [7, 11) is -2.39. The van der Waals surface area contributed by atoms with Crippen LogP contribution in [0.2, 0.25) is 0 Å². The topological polar surface area (TPSA) is 107 Å². The van der Waals surface area contributed by atoms with Gasteiger partial charge in [-0.05, 0) is 26.8 Å². The van der Waals surface area contributed by atoms with Crippen LogP contribution in [-0.2, 0) is 15.0 Å². The van der Waals surface area contributed by atoms with E-state index in [1.165, 1.54) is 18.2 Å². The highest BCUT2D eigenvalue weighted by Crippen LogP contribution is 2.29. The van der Waals surface area contributed by atoms with Crippen LogP contribution in [0.15, 0.2) is 24.3 Å². The van der Waals surface area contributed by atoms with Crippen molar-refractivity contribution < 1.29 is 22.9 Å². The summed E-state index contributed by atoms with van der Waals surface area (Å²) in [6, 6.07) is 5.79. The van der Waals surface area contributed by atoms with Crippen molar-refractivity contribution in [2.45, 2.75) is 32.8 Å². The molecule has 1 amide bonds. The Morgan fingerprint density at radius 2 is 2.00 bits per heavy atom. The van der Waals surface area contributed by atoms with Gasteiger partial charge in [-0.1, -0.05) is 24.0 Å². The number of amides is 1. The number of hydrogen-bond donors (Lipinski definition) is 0. The van der Waals surface area contributed by atoms with Crippen molar-refractivity contribution >= 4 is 33.1 Å². The monoisotopic (exact) mass is 366 g/mol. The molecule has 0 spiro atoms. The van der Waals surface area contributed by atoms with Crippen molar-refractivity contribution in [3.8, 4) is 11.8 Å². The van der Waals surface area contributed by atoms with E-state index in [1.54, 1.807) is 26.8 Å². The number of nitrogens with zero attached hydrogens (tertiary/aromatic N) is 2. The van der Waals surface area contributed by atoms with Crippen LogP contribution in [-0.4, -0.2) is 36.9 Å². The molecule has 0 saturated heterocycles. The Balaban J connectivity index is 3.15. The van der Waals surface area contributed by atoms with E-state index in [2.05, 4.69) is 11.8 Å². The maximum atomic E-state index is 12.4. The van der Waals surface area contributed by atoms with Crippen molar-refractivity contribution in [1.82, 2.24) is 0 Å². The number of nitro benzene ring substituents is 1. The molecule has 0 aliphatic rings. The fourth-order valence-corrected chi connectivity index (χ4v) is 1.98. The lowest BCUT2D eigenvalue weighted by atomic mass is 10.2. The predicted octanol–water partition coefficient (Wildman–Crippen LogP) is 2.41. The Morgan fingerprint density at radius 1 is 1.36 bits per heavy atom. The van der Waals surface area contributed by atoms with Crippen molar-refractivity contribution in [3.63, 3.8) is 0 Å². The summed E-state index contributed by atoms with van der Waals surface area (Å²) in [5, 5.41) is 12.0. The lowest BCUT2D eigenvalue weighted by Gasteiger charge is -2.26. The third-order valence-corrected chi connectivity index (χ3v) is 3.01. The van der Waals surface area contributed by atoms with Gasteiger partial charge in [0.05, 0.1) is 4.92 Å². The van der Waals surface area contributed by atoms with Gasteiger partial charge in [0, 0.05) is 19.0 Å². The first kappa shape index (κ1) is 20.2. The minimum atomic E-state index is -2.39. The summed E-state index contributed by atoms with van der Waals surface area (Å²) in [6.45, 7) is 5.05. The number of anilines is 1. The van der Waals surface area contributed by atoms with E-state index in [4.69, 9.17) is 4.74 Å². The number of para-hydroxylation sites is 2. The van der Waals surface area contributed by atoms with Crippen LogP contribution in [0.1, 0.15) is 27.2 Å². The highest BCUT2D eigenvalue weighted by Gasteiger charge is 2.27. The molecule has 0 saturated carbocycles. The first-order chi connectivity index (χ1) is 11.6. The van der Waals surface area contributed by atoms with Crippen molar-refractivity contribution in [2.24, 2.45) is 0 Å². The fourth-order valence-electron chi connectivity index (χ4n) is 1.80. The van der Waals surface area contributed by atoms with E-state index in [0.717, 1.165) is 10.3 Å². The summed E-state index contributed by atoms with van der Waals surface area (Å²) in [4.78, 5) is 24.2. The molecule has 0 aliphatic heterocycles. The Bertz CT molecular complexity index is 835. The molecule has 8 nitrogen and oxygen atoms in total. The maximum Gasteiger partial charge on any atom is 0.415 e. The highest BCUT2D eigenvalue weighted by atomic mass is 32.2. The third kappa shape index (κ3) is 7.05. The number of hydrogen-bond acceptors (Lipinski definition) is 6. The molecule has 0 heterocycles. The molecule has 0 aromatic heterocycles. The molecular formula is C16H18N2O6S. The van der Waals surface area contributed by atoms with Gasteiger partial charge in [-0.2, -0.15) is 8.42 Å². The number of nitro groups is 1. The van der Waals surface area contributed by atoms with Crippen molar-refractivity contribution in [2.75, 3.05) is 11.4 Å². The highest BCUT2D eigenvalue weighted by molar-refractivity contribution is 7.71. The second-order valence-electron chi connectivity index (χ2n) is 5.83. The van der Waals surface area contributed by atoms with Gasteiger partial charge in [-0.3, -0.25) is 15.0 Å². The average Bonchev–Trinajstić information content (AvgIpc) is 2.48. The third-order valence-electron chi connectivity index (χ3n) is 2.70. The lowest BCUT2D eigenvalue weighted by molar-refractivity contribution is -0.384. The molecule has 0 N–H and O–H groups in total. The molecule has 1 aromatic rings. The molecule has 0 fully saturated rings. The van der Waals surface area contributed by atoms with E-state index in [1.807, 2.05) is 0 Å². The smallest absolute Gasteiger partial charge is 0.415 e. The van der Waals surface area contributed by atoms with Crippen LogP contribution in [0.4, 0.5) is 16.2 Å². The molecule has 1 aromatic carbocycles. The Labute approximate surface area is 147 Å². The van der Waals surface area contributed by atoms with Crippen molar-refractivity contribution in [1.29, 1.82) is 0 Å². The van der Waals surface area contributed by atoms with Crippen LogP contribution in [0.5, 0.6) is 0 Å². The minimum Gasteiger partial charge on any atom is -0.443 e. The van der Waals surface area contributed by atoms with Crippen molar-refractivity contribution in [3.05, 3.63) is 34.4 Å². The van der Waals surface area contributed by atoms with E-state index >= 15 is 0 Å². The Morgan fingerprint density at radius 3 is 2.56 bits per heavy atom. The predicted molar refractivity (Wildman–Crippen MR) is 94.1 cm³/mol. The van der Waals surface area contributed by atoms with E-state index in [9.17, 15) is 23.3 Å². The van der Waals surface area contributed by atoms with Crippen LogP contribution < -0.4 is 4.90 Å². The van der Waals surface area contributed by atoms with Crippen LogP contribution >= 0.6 is 0 Å². The molecule has 9 heteroatoms. The molecule has 0 unspecified atom stereocenters. The van der Waals surface area contributed by atoms with Crippen LogP contribution in [0.25, 0.3) is 0 Å². The standard InChI is InChI=1S/C16H18N2O6S/c1-16(2,3)24-15(19)17(11-7-4-8-12-25(22)23)13-9-5-6-10-14(13)18(20)21/h5-6,9-10,12H,7,11H2,1-3H3. The summed E-state index contributed by atoms with van der Waals surface area (Å²) in [5.74, 6) is 4.88. The lowest BCUT2D eigenvalue weighted by Crippen LogP contribution is -2.37. The van der Waals surface area contributed by atoms with Gasteiger partial charge in [0.1, 0.15) is 16.7 Å². The molecule has 134 valence electrons. The second kappa shape index (κ2) is 8.84. The number of carbonyl (C=O) groups is 1. The minimum absolute atomic E-state index is 0.00605. The number of carbonyl (C=O) groups excluding carboxylic acids is 1. The second-order valence-corrected chi connectivity index (χ2v) is 6.58.